The highest BCUT2D eigenvalue weighted by Gasteiger charge is 2.24. The van der Waals surface area contributed by atoms with Gasteiger partial charge in [-0.3, -0.25) is 0 Å². The second kappa shape index (κ2) is 5.12. The Kier molecular flexibility index (Phi) is 3.56. The minimum atomic E-state index is -0.594. The van der Waals surface area contributed by atoms with Gasteiger partial charge < -0.3 is 10.6 Å². The van der Waals surface area contributed by atoms with E-state index in [0.717, 1.165) is 24.0 Å². The number of rotatable bonds is 3. The summed E-state index contributed by atoms with van der Waals surface area (Å²) in [5.41, 5.74) is 1.88. The molecule has 0 aliphatic heterocycles. The molecule has 1 atom stereocenters. The molecule has 0 fully saturated rings. The van der Waals surface area contributed by atoms with Crippen LogP contribution in [0.3, 0.4) is 0 Å². The van der Waals surface area contributed by atoms with Gasteiger partial charge in [0, 0.05) is 6.54 Å². The number of hydrogen-bond acceptors (Lipinski definition) is 1. The Morgan fingerprint density at radius 2 is 2.29 bits per heavy atom. The minimum absolute atomic E-state index is 0.00540. The first-order valence-electron chi connectivity index (χ1n) is 5.59. The molecule has 0 saturated carbocycles. The SMILES string of the molecule is O=C(NCCF)NC1CCc2ccc(F)cc21. The molecule has 1 aromatic carbocycles. The second-order valence-corrected chi connectivity index (χ2v) is 4.02. The van der Waals surface area contributed by atoms with E-state index >= 15 is 0 Å². The van der Waals surface area contributed by atoms with Crippen molar-refractivity contribution >= 4 is 6.03 Å². The lowest BCUT2D eigenvalue weighted by atomic mass is 10.1. The highest BCUT2D eigenvalue weighted by molar-refractivity contribution is 5.74. The average Bonchev–Trinajstić information content (AvgIpc) is 2.69. The molecular formula is C12H14F2N2O. The number of urea groups is 1. The van der Waals surface area contributed by atoms with E-state index in [2.05, 4.69) is 10.6 Å². The second-order valence-electron chi connectivity index (χ2n) is 4.02. The first kappa shape index (κ1) is 11.8. The first-order valence-corrected chi connectivity index (χ1v) is 5.59. The highest BCUT2D eigenvalue weighted by Crippen LogP contribution is 2.31. The van der Waals surface area contributed by atoms with Crippen molar-refractivity contribution in [1.29, 1.82) is 0 Å². The maximum absolute atomic E-state index is 13.1. The summed E-state index contributed by atoms with van der Waals surface area (Å²) < 4.78 is 25.0. The normalized spacial score (nSPS) is 17.6. The number of hydrogen-bond donors (Lipinski definition) is 2. The molecule has 0 radical (unpaired) electrons. The number of fused-ring (bicyclic) bond motifs is 1. The predicted molar refractivity (Wildman–Crippen MR) is 60.0 cm³/mol. The Labute approximate surface area is 98.2 Å². The molecule has 0 saturated heterocycles. The van der Waals surface area contributed by atoms with E-state index in [1.165, 1.54) is 12.1 Å². The molecule has 1 aliphatic rings. The molecule has 92 valence electrons. The molecule has 1 unspecified atom stereocenters. The van der Waals surface area contributed by atoms with Gasteiger partial charge in [-0.1, -0.05) is 6.07 Å². The first-order chi connectivity index (χ1) is 8.20. The van der Waals surface area contributed by atoms with Crippen LogP contribution in [0.4, 0.5) is 13.6 Å². The molecular weight excluding hydrogens is 226 g/mol. The van der Waals surface area contributed by atoms with Crippen molar-refractivity contribution in [3.8, 4) is 0 Å². The van der Waals surface area contributed by atoms with Gasteiger partial charge in [0.05, 0.1) is 6.04 Å². The van der Waals surface area contributed by atoms with E-state index in [-0.39, 0.29) is 18.4 Å². The number of halogens is 2. The van der Waals surface area contributed by atoms with Crippen LogP contribution in [0.5, 0.6) is 0 Å². The van der Waals surface area contributed by atoms with Crippen molar-refractivity contribution in [3.63, 3.8) is 0 Å². The molecule has 1 aromatic rings. The van der Waals surface area contributed by atoms with Crippen LogP contribution in [0.1, 0.15) is 23.6 Å². The summed E-state index contributed by atoms with van der Waals surface area (Å²) in [7, 11) is 0. The van der Waals surface area contributed by atoms with Gasteiger partial charge >= 0.3 is 6.03 Å². The molecule has 17 heavy (non-hydrogen) atoms. The van der Waals surface area contributed by atoms with Gasteiger partial charge in [-0.05, 0) is 36.1 Å². The summed E-state index contributed by atoms with van der Waals surface area (Å²) in [6, 6.07) is 4.02. The van der Waals surface area contributed by atoms with Gasteiger partial charge in [-0.2, -0.15) is 0 Å². The number of benzene rings is 1. The lowest BCUT2D eigenvalue weighted by Crippen LogP contribution is -2.38. The van der Waals surface area contributed by atoms with E-state index in [0.29, 0.717) is 0 Å². The maximum atomic E-state index is 13.1. The quantitative estimate of drug-likeness (QED) is 0.834. The Balaban J connectivity index is 2.01. The molecule has 0 bridgehead atoms. The minimum Gasteiger partial charge on any atom is -0.336 e. The third-order valence-corrected chi connectivity index (χ3v) is 2.87. The van der Waals surface area contributed by atoms with Gasteiger partial charge in [0.2, 0.25) is 0 Å². The van der Waals surface area contributed by atoms with Crippen molar-refractivity contribution in [2.24, 2.45) is 0 Å². The van der Waals surface area contributed by atoms with E-state index in [4.69, 9.17) is 0 Å². The Hall–Kier alpha value is -1.65. The molecule has 2 rings (SSSR count). The van der Waals surface area contributed by atoms with Crippen molar-refractivity contribution in [2.75, 3.05) is 13.2 Å². The molecule has 5 heteroatoms. The molecule has 3 nitrogen and oxygen atoms in total. The van der Waals surface area contributed by atoms with Crippen molar-refractivity contribution in [3.05, 3.63) is 35.1 Å². The van der Waals surface area contributed by atoms with Crippen LogP contribution in [0.15, 0.2) is 18.2 Å². The third-order valence-electron chi connectivity index (χ3n) is 2.87. The molecule has 1 aliphatic carbocycles. The number of aryl methyl sites for hydroxylation is 1. The lowest BCUT2D eigenvalue weighted by molar-refractivity contribution is 0.236. The number of carbonyl (C=O) groups excluding carboxylic acids is 1. The van der Waals surface area contributed by atoms with E-state index < -0.39 is 12.7 Å². The van der Waals surface area contributed by atoms with Gasteiger partial charge in [-0.25, -0.2) is 13.6 Å². The smallest absolute Gasteiger partial charge is 0.315 e. The summed E-state index contributed by atoms with van der Waals surface area (Å²) in [6.45, 7) is -0.599. The van der Waals surface area contributed by atoms with E-state index in [1.807, 2.05) is 0 Å². The van der Waals surface area contributed by atoms with Crippen LogP contribution >= 0.6 is 0 Å². The van der Waals surface area contributed by atoms with Crippen LogP contribution in [0.25, 0.3) is 0 Å². The largest absolute Gasteiger partial charge is 0.336 e. The number of carbonyl (C=O) groups is 1. The zero-order chi connectivity index (χ0) is 12.3. The molecule has 0 aromatic heterocycles. The summed E-state index contributed by atoms with van der Waals surface area (Å²) in [4.78, 5) is 11.4. The number of alkyl halides is 1. The third kappa shape index (κ3) is 2.72. The monoisotopic (exact) mass is 240 g/mol. The fourth-order valence-corrected chi connectivity index (χ4v) is 2.09. The van der Waals surface area contributed by atoms with Crippen LogP contribution < -0.4 is 10.6 Å². The summed E-state index contributed by atoms with van der Waals surface area (Å²) in [5, 5.41) is 5.10. The molecule has 2 amide bonds. The summed E-state index contributed by atoms with van der Waals surface area (Å²) in [5.74, 6) is -0.304. The van der Waals surface area contributed by atoms with Crippen molar-refractivity contribution in [1.82, 2.24) is 10.6 Å². The predicted octanol–water partition coefficient (Wildman–Crippen LogP) is 2.08. The summed E-state index contributed by atoms with van der Waals surface area (Å²) in [6.07, 6.45) is 1.57. The zero-order valence-electron chi connectivity index (χ0n) is 9.30. The topological polar surface area (TPSA) is 41.1 Å². The molecule has 0 spiro atoms. The maximum Gasteiger partial charge on any atom is 0.315 e. The van der Waals surface area contributed by atoms with Crippen LogP contribution in [-0.2, 0) is 6.42 Å². The standard InChI is InChI=1S/C12H14F2N2O/c13-5-6-15-12(17)16-11-4-2-8-1-3-9(14)7-10(8)11/h1,3,7,11H,2,4-6H2,(H2,15,16,17). The van der Waals surface area contributed by atoms with Crippen LogP contribution in [0.2, 0.25) is 0 Å². The molecule has 0 heterocycles. The lowest BCUT2D eigenvalue weighted by Gasteiger charge is -2.14. The Morgan fingerprint density at radius 3 is 3.06 bits per heavy atom. The van der Waals surface area contributed by atoms with E-state index in [1.54, 1.807) is 6.07 Å². The average molecular weight is 240 g/mol. The molecule has 2 N–H and O–H groups in total. The van der Waals surface area contributed by atoms with Gasteiger partial charge in [0.15, 0.2) is 0 Å². The van der Waals surface area contributed by atoms with Gasteiger partial charge in [0.1, 0.15) is 12.5 Å². The van der Waals surface area contributed by atoms with Crippen LogP contribution in [-0.4, -0.2) is 19.3 Å². The number of amides is 2. The van der Waals surface area contributed by atoms with E-state index in [9.17, 15) is 13.6 Å². The van der Waals surface area contributed by atoms with Crippen molar-refractivity contribution < 1.29 is 13.6 Å². The van der Waals surface area contributed by atoms with Gasteiger partial charge in [0.25, 0.3) is 0 Å². The fraction of sp³-hybridized carbons (Fsp3) is 0.417. The highest BCUT2D eigenvalue weighted by atomic mass is 19.1. The Morgan fingerprint density at radius 1 is 1.47 bits per heavy atom. The van der Waals surface area contributed by atoms with Gasteiger partial charge in [-0.15, -0.1) is 0 Å². The number of nitrogens with one attached hydrogen (secondary N) is 2. The van der Waals surface area contributed by atoms with Crippen molar-refractivity contribution in [2.45, 2.75) is 18.9 Å². The summed E-state index contributed by atoms with van der Waals surface area (Å²) >= 11 is 0. The van der Waals surface area contributed by atoms with Crippen LogP contribution in [0, 0.1) is 5.82 Å². The Bertz CT molecular complexity index is 423. The fourth-order valence-electron chi connectivity index (χ4n) is 2.09. The zero-order valence-corrected chi connectivity index (χ0v) is 9.30.